The summed E-state index contributed by atoms with van der Waals surface area (Å²) in [5.41, 5.74) is 1.24. The SMILES string of the molecule is Cn1ncc2c(OCC3CC(CNC(=O)OC(C)(C)C)=NO3)cccc21. The molecule has 2 aromatic rings. The van der Waals surface area contributed by atoms with Gasteiger partial charge in [0.1, 0.15) is 18.0 Å². The molecule has 0 radical (unpaired) electrons. The number of ether oxygens (including phenoxy) is 2. The first-order valence-electron chi connectivity index (χ1n) is 8.54. The summed E-state index contributed by atoms with van der Waals surface area (Å²) < 4.78 is 12.9. The van der Waals surface area contributed by atoms with Gasteiger partial charge in [-0.1, -0.05) is 11.2 Å². The molecule has 1 aliphatic heterocycles. The molecule has 0 aliphatic carbocycles. The lowest BCUT2D eigenvalue weighted by Crippen LogP contribution is -2.35. The third-order valence-corrected chi connectivity index (χ3v) is 3.81. The lowest BCUT2D eigenvalue weighted by atomic mass is 10.2. The maximum atomic E-state index is 11.7. The van der Waals surface area contributed by atoms with Crippen LogP contribution in [0.4, 0.5) is 4.79 Å². The van der Waals surface area contributed by atoms with Crippen molar-refractivity contribution in [3.8, 4) is 5.75 Å². The molecule has 0 bridgehead atoms. The van der Waals surface area contributed by atoms with Crippen LogP contribution in [0, 0.1) is 0 Å². The number of aryl methyl sites for hydroxylation is 1. The molecule has 2 heterocycles. The number of fused-ring (bicyclic) bond motifs is 1. The van der Waals surface area contributed by atoms with Crippen LogP contribution < -0.4 is 10.1 Å². The van der Waals surface area contributed by atoms with Crippen LogP contribution >= 0.6 is 0 Å². The van der Waals surface area contributed by atoms with E-state index in [1.54, 1.807) is 10.9 Å². The van der Waals surface area contributed by atoms with Crippen molar-refractivity contribution in [2.75, 3.05) is 13.2 Å². The van der Waals surface area contributed by atoms with Gasteiger partial charge in [0.25, 0.3) is 0 Å². The van der Waals surface area contributed by atoms with Crippen LogP contribution in [-0.2, 0) is 16.6 Å². The van der Waals surface area contributed by atoms with Gasteiger partial charge < -0.3 is 19.6 Å². The van der Waals surface area contributed by atoms with Crippen molar-refractivity contribution in [3.05, 3.63) is 24.4 Å². The summed E-state index contributed by atoms with van der Waals surface area (Å²) in [6.07, 6.45) is 1.73. The summed E-state index contributed by atoms with van der Waals surface area (Å²) in [5, 5.41) is 11.9. The Hall–Kier alpha value is -2.77. The van der Waals surface area contributed by atoms with E-state index in [4.69, 9.17) is 14.3 Å². The molecule has 1 unspecified atom stereocenters. The fourth-order valence-corrected chi connectivity index (χ4v) is 2.63. The topological polar surface area (TPSA) is 87.0 Å². The molecule has 0 saturated carbocycles. The van der Waals surface area contributed by atoms with E-state index in [0.717, 1.165) is 22.4 Å². The Morgan fingerprint density at radius 2 is 2.23 bits per heavy atom. The highest BCUT2D eigenvalue weighted by Gasteiger charge is 2.23. The normalized spacial score (nSPS) is 16.9. The number of alkyl carbamates (subject to hydrolysis) is 1. The smallest absolute Gasteiger partial charge is 0.407 e. The Morgan fingerprint density at radius 3 is 3.00 bits per heavy atom. The first-order chi connectivity index (χ1) is 12.3. The second-order valence-electron chi connectivity index (χ2n) is 7.21. The molecule has 26 heavy (non-hydrogen) atoms. The summed E-state index contributed by atoms with van der Waals surface area (Å²) in [5.74, 6) is 0.763. The standard InChI is InChI=1S/C18H24N4O4/c1-18(2,3)25-17(23)19-9-12-8-13(26-21-12)11-24-16-7-5-6-15-14(16)10-20-22(15)4/h5-7,10,13H,8-9,11H2,1-4H3,(H,19,23). The van der Waals surface area contributed by atoms with Gasteiger partial charge in [0, 0.05) is 13.5 Å². The number of carbonyl (C=O) groups is 1. The second kappa shape index (κ2) is 7.23. The van der Waals surface area contributed by atoms with Gasteiger partial charge in [0.05, 0.1) is 29.4 Å². The fourth-order valence-electron chi connectivity index (χ4n) is 2.63. The van der Waals surface area contributed by atoms with Gasteiger partial charge in [-0.2, -0.15) is 5.10 Å². The van der Waals surface area contributed by atoms with Crippen molar-refractivity contribution >= 4 is 22.7 Å². The first kappa shape index (κ1) is 18.0. The van der Waals surface area contributed by atoms with Crippen LogP contribution in [-0.4, -0.2) is 46.4 Å². The fraction of sp³-hybridized carbons (Fsp3) is 0.500. The molecule has 1 amide bonds. The van der Waals surface area contributed by atoms with Gasteiger partial charge in [0.2, 0.25) is 0 Å². The molecule has 0 fully saturated rings. The molecule has 3 rings (SSSR count). The lowest BCUT2D eigenvalue weighted by Gasteiger charge is -2.19. The third kappa shape index (κ3) is 4.44. The van der Waals surface area contributed by atoms with E-state index < -0.39 is 11.7 Å². The number of hydrogen-bond donors (Lipinski definition) is 1. The predicted octanol–water partition coefficient (Wildman–Crippen LogP) is 2.62. The van der Waals surface area contributed by atoms with E-state index in [1.807, 2.05) is 46.0 Å². The van der Waals surface area contributed by atoms with Crippen LogP contribution in [0.2, 0.25) is 0 Å². The van der Waals surface area contributed by atoms with Crippen molar-refractivity contribution in [1.29, 1.82) is 0 Å². The zero-order valence-corrected chi connectivity index (χ0v) is 15.5. The highest BCUT2D eigenvalue weighted by molar-refractivity contribution is 5.89. The minimum atomic E-state index is -0.526. The first-order valence-corrected chi connectivity index (χ1v) is 8.54. The third-order valence-electron chi connectivity index (χ3n) is 3.81. The van der Waals surface area contributed by atoms with E-state index in [2.05, 4.69) is 15.6 Å². The molecule has 1 aliphatic rings. The molecule has 0 spiro atoms. The molecular weight excluding hydrogens is 336 g/mol. The van der Waals surface area contributed by atoms with Gasteiger partial charge in [-0.3, -0.25) is 4.68 Å². The van der Waals surface area contributed by atoms with E-state index >= 15 is 0 Å². The monoisotopic (exact) mass is 360 g/mol. The molecule has 0 saturated heterocycles. The quantitative estimate of drug-likeness (QED) is 0.886. The van der Waals surface area contributed by atoms with Crippen LogP contribution in [0.3, 0.4) is 0 Å². The van der Waals surface area contributed by atoms with Gasteiger partial charge >= 0.3 is 6.09 Å². The number of benzene rings is 1. The molecule has 140 valence electrons. The van der Waals surface area contributed by atoms with Crippen molar-refractivity contribution in [2.45, 2.75) is 38.9 Å². The maximum absolute atomic E-state index is 11.7. The number of rotatable bonds is 5. The Bertz CT molecular complexity index is 822. The second-order valence-corrected chi connectivity index (χ2v) is 7.21. The van der Waals surface area contributed by atoms with Crippen LogP contribution in [0.5, 0.6) is 5.75 Å². The number of amides is 1. The van der Waals surface area contributed by atoms with E-state index in [-0.39, 0.29) is 6.10 Å². The molecule has 1 N–H and O–H groups in total. The Balaban J connectivity index is 1.46. The largest absolute Gasteiger partial charge is 0.489 e. The Labute approximate surface area is 152 Å². The average molecular weight is 360 g/mol. The molecule has 8 nitrogen and oxygen atoms in total. The van der Waals surface area contributed by atoms with Crippen molar-refractivity contribution in [1.82, 2.24) is 15.1 Å². The van der Waals surface area contributed by atoms with Gasteiger partial charge in [0.15, 0.2) is 6.10 Å². The van der Waals surface area contributed by atoms with E-state index in [0.29, 0.717) is 19.6 Å². The lowest BCUT2D eigenvalue weighted by molar-refractivity contribution is 0.0475. The average Bonchev–Trinajstić information content (AvgIpc) is 3.17. The zero-order valence-electron chi connectivity index (χ0n) is 15.5. The van der Waals surface area contributed by atoms with Gasteiger partial charge in [-0.15, -0.1) is 0 Å². The zero-order chi connectivity index (χ0) is 18.7. The molecular formula is C18H24N4O4. The molecule has 8 heteroatoms. The number of oxime groups is 1. The number of carbonyl (C=O) groups excluding carboxylic acids is 1. The summed E-state index contributed by atoms with van der Waals surface area (Å²) in [7, 11) is 1.89. The number of hydrogen-bond acceptors (Lipinski definition) is 6. The minimum Gasteiger partial charge on any atom is -0.489 e. The molecule has 1 aromatic heterocycles. The van der Waals surface area contributed by atoms with E-state index in [9.17, 15) is 4.79 Å². The summed E-state index contributed by atoms with van der Waals surface area (Å²) in [6.45, 7) is 6.12. The van der Waals surface area contributed by atoms with Crippen LogP contribution in [0.25, 0.3) is 10.9 Å². The highest BCUT2D eigenvalue weighted by atomic mass is 16.7. The minimum absolute atomic E-state index is 0.183. The van der Waals surface area contributed by atoms with Gasteiger partial charge in [-0.05, 0) is 32.9 Å². The molecule has 1 atom stereocenters. The van der Waals surface area contributed by atoms with Crippen molar-refractivity contribution in [3.63, 3.8) is 0 Å². The van der Waals surface area contributed by atoms with Crippen molar-refractivity contribution < 1.29 is 19.1 Å². The van der Waals surface area contributed by atoms with Gasteiger partial charge in [-0.25, -0.2) is 4.79 Å². The van der Waals surface area contributed by atoms with Crippen LogP contribution in [0.1, 0.15) is 27.2 Å². The number of aromatic nitrogens is 2. The Kier molecular flexibility index (Phi) is 5.01. The highest BCUT2D eigenvalue weighted by Crippen LogP contribution is 2.25. The summed E-state index contributed by atoms with van der Waals surface area (Å²) in [6, 6.07) is 5.83. The molecule has 1 aromatic carbocycles. The predicted molar refractivity (Wildman–Crippen MR) is 97.4 cm³/mol. The Morgan fingerprint density at radius 1 is 1.42 bits per heavy atom. The van der Waals surface area contributed by atoms with Crippen LogP contribution in [0.15, 0.2) is 29.6 Å². The number of nitrogens with one attached hydrogen (secondary N) is 1. The summed E-state index contributed by atoms with van der Waals surface area (Å²) >= 11 is 0. The van der Waals surface area contributed by atoms with E-state index in [1.165, 1.54) is 0 Å². The van der Waals surface area contributed by atoms with Crippen molar-refractivity contribution in [2.24, 2.45) is 12.2 Å². The summed E-state index contributed by atoms with van der Waals surface area (Å²) in [4.78, 5) is 17.1. The number of nitrogens with zero attached hydrogens (tertiary/aromatic N) is 3. The maximum Gasteiger partial charge on any atom is 0.407 e.